The number of nitrogens with one attached hydrogen (secondary N) is 1. The zero-order valence-corrected chi connectivity index (χ0v) is 20.4. The first-order chi connectivity index (χ1) is 16.9. The average Bonchev–Trinajstić information content (AvgIpc) is 3.54. The van der Waals surface area contributed by atoms with Crippen molar-refractivity contribution >= 4 is 51.0 Å². The topological polar surface area (TPSA) is 105 Å². The standard InChI is InChI=1S/C26H25ClN2O6/c1-4-7-34-16-5-6-19-14(8-16)9-20(35-19)25(31)29-12-15(11-27)22-17(29)10-18(30)24-23(22)21(13(2)28-24)26(32)33-3/h5-6,8-10,15,28,30H,4,7,11-12H2,1-3H3/t15-/m1/s1. The number of aromatic amines is 1. The second-order valence-corrected chi connectivity index (χ2v) is 8.93. The molecule has 8 nitrogen and oxygen atoms in total. The monoisotopic (exact) mass is 496 g/mol. The lowest BCUT2D eigenvalue weighted by Gasteiger charge is -2.16. The van der Waals surface area contributed by atoms with Gasteiger partial charge in [-0.15, -0.1) is 11.6 Å². The third kappa shape index (κ3) is 3.69. The predicted molar refractivity (Wildman–Crippen MR) is 133 cm³/mol. The lowest BCUT2D eigenvalue weighted by atomic mass is 9.95. The van der Waals surface area contributed by atoms with Crippen molar-refractivity contribution in [1.29, 1.82) is 0 Å². The first-order valence-electron chi connectivity index (χ1n) is 11.4. The number of aromatic nitrogens is 1. The number of aryl methyl sites for hydroxylation is 1. The van der Waals surface area contributed by atoms with Gasteiger partial charge in [0.2, 0.25) is 0 Å². The number of furan rings is 1. The van der Waals surface area contributed by atoms with Crippen molar-refractivity contribution in [3.63, 3.8) is 0 Å². The van der Waals surface area contributed by atoms with Crippen LogP contribution in [0.2, 0.25) is 0 Å². The number of alkyl halides is 1. The molecule has 0 spiro atoms. The molecule has 0 fully saturated rings. The molecular weight excluding hydrogens is 472 g/mol. The van der Waals surface area contributed by atoms with Gasteiger partial charge in [-0.3, -0.25) is 4.79 Å². The average molecular weight is 497 g/mol. The smallest absolute Gasteiger partial charge is 0.340 e. The number of phenolic OH excluding ortho intramolecular Hbond substituents is 1. The molecule has 5 rings (SSSR count). The van der Waals surface area contributed by atoms with E-state index in [9.17, 15) is 14.7 Å². The Morgan fingerprint density at radius 1 is 1.29 bits per heavy atom. The second kappa shape index (κ2) is 8.85. The van der Waals surface area contributed by atoms with Crippen LogP contribution in [0.3, 0.4) is 0 Å². The summed E-state index contributed by atoms with van der Waals surface area (Å²) in [6, 6.07) is 8.63. The fraction of sp³-hybridized carbons (Fsp3) is 0.308. The molecule has 1 aliphatic heterocycles. The van der Waals surface area contributed by atoms with Crippen LogP contribution in [-0.4, -0.2) is 48.1 Å². The molecule has 1 atom stereocenters. The number of anilines is 1. The first-order valence-corrected chi connectivity index (χ1v) is 11.9. The molecule has 1 amide bonds. The molecule has 0 bridgehead atoms. The highest BCUT2D eigenvalue weighted by atomic mass is 35.5. The molecule has 35 heavy (non-hydrogen) atoms. The van der Waals surface area contributed by atoms with E-state index in [0.29, 0.717) is 45.8 Å². The highest BCUT2D eigenvalue weighted by Gasteiger charge is 2.38. The molecule has 3 heterocycles. The number of benzene rings is 2. The van der Waals surface area contributed by atoms with E-state index in [2.05, 4.69) is 4.98 Å². The molecule has 0 saturated heterocycles. The summed E-state index contributed by atoms with van der Waals surface area (Å²) in [7, 11) is 1.30. The van der Waals surface area contributed by atoms with E-state index in [1.165, 1.54) is 18.1 Å². The van der Waals surface area contributed by atoms with Crippen LogP contribution in [0.15, 0.2) is 34.7 Å². The SMILES string of the molecule is CCCOc1ccc2oc(C(=O)N3C[C@@H](CCl)c4c3cc(O)c3[nH]c(C)c(C(=O)OC)c43)cc2c1. The maximum absolute atomic E-state index is 13.6. The van der Waals surface area contributed by atoms with Crippen LogP contribution >= 0.6 is 11.6 Å². The summed E-state index contributed by atoms with van der Waals surface area (Å²) < 4.78 is 16.5. The fourth-order valence-corrected chi connectivity index (χ4v) is 5.04. The maximum Gasteiger partial charge on any atom is 0.340 e. The van der Waals surface area contributed by atoms with Crippen LogP contribution in [0.4, 0.5) is 5.69 Å². The van der Waals surface area contributed by atoms with Crippen LogP contribution in [0.25, 0.3) is 21.9 Å². The van der Waals surface area contributed by atoms with Gasteiger partial charge in [-0.1, -0.05) is 6.92 Å². The molecule has 0 saturated carbocycles. The minimum atomic E-state index is -0.530. The minimum Gasteiger partial charge on any atom is -0.506 e. The summed E-state index contributed by atoms with van der Waals surface area (Å²) in [4.78, 5) is 30.8. The highest BCUT2D eigenvalue weighted by Crippen LogP contribution is 2.47. The Hall–Kier alpha value is -3.65. The Labute approximate surface area is 206 Å². The third-order valence-corrected chi connectivity index (χ3v) is 6.73. The normalized spacial score (nSPS) is 15.1. The molecule has 2 N–H and O–H groups in total. The van der Waals surface area contributed by atoms with Gasteiger partial charge >= 0.3 is 5.97 Å². The largest absolute Gasteiger partial charge is 0.506 e. The van der Waals surface area contributed by atoms with Gasteiger partial charge in [0.25, 0.3) is 5.91 Å². The lowest BCUT2D eigenvalue weighted by molar-refractivity contribution is 0.0602. The maximum atomic E-state index is 13.6. The van der Waals surface area contributed by atoms with E-state index in [1.807, 2.05) is 19.1 Å². The number of fused-ring (bicyclic) bond motifs is 4. The summed E-state index contributed by atoms with van der Waals surface area (Å²) in [5.74, 6) is -0.136. The number of esters is 1. The molecule has 0 unspecified atom stereocenters. The molecule has 2 aromatic heterocycles. The van der Waals surface area contributed by atoms with E-state index >= 15 is 0 Å². The Kier molecular flexibility index (Phi) is 5.84. The number of methoxy groups -OCH3 is 1. The van der Waals surface area contributed by atoms with Crippen molar-refractivity contribution in [2.24, 2.45) is 0 Å². The number of H-pyrrole nitrogens is 1. The van der Waals surface area contributed by atoms with Gasteiger partial charge in [-0.05, 0) is 43.2 Å². The molecule has 0 aliphatic carbocycles. The van der Waals surface area contributed by atoms with Crippen molar-refractivity contribution in [2.45, 2.75) is 26.2 Å². The molecule has 9 heteroatoms. The number of hydrogen-bond donors (Lipinski definition) is 2. The van der Waals surface area contributed by atoms with E-state index in [-0.39, 0.29) is 35.8 Å². The summed E-state index contributed by atoms with van der Waals surface area (Å²) in [5.41, 5.74) is 3.07. The molecule has 0 radical (unpaired) electrons. The zero-order valence-electron chi connectivity index (χ0n) is 19.6. The van der Waals surface area contributed by atoms with E-state index in [4.69, 9.17) is 25.5 Å². The number of carbonyl (C=O) groups is 2. The quantitative estimate of drug-likeness (QED) is 0.270. The fourth-order valence-electron chi connectivity index (χ4n) is 4.79. The first kappa shape index (κ1) is 23.1. The number of hydrogen-bond acceptors (Lipinski definition) is 6. The van der Waals surface area contributed by atoms with Crippen LogP contribution in [0.5, 0.6) is 11.5 Å². The number of phenols is 1. The van der Waals surface area contributed by atoms with Gasteiger partial charge in [-0.2, -0.15) is 0 Å². The van der Waals surface area contributed by atoms with Crippen molar-refractivity contribution in [2.75, 3.05) is 31.0 Å². The summed E-state index contributed by atoms with van der Waals surface area (Å²) in [6.07, 6.45) is 0.891. The van der Waals surface area contributed by atoms with E-state index < -0.39 is 5.97 Å². The Morgan fingerprint density at radius 3 is 2.80 bits per heavy atom. The predicted octanol–water partition coefficient (Wildman–Crippen LogP) is 5.49. The van der Waals surface area contributed by atoms with Gasteiger partial charge in [0.1, 0.15) is 17.1 Å². The molecule has 182 valence electrons. The van der Waals surface area contributed by atoms with Crippen LogP contribution < -0.4 is 9.64 Å². The summed E-state index contributed by atoms with van der Waals surface area (Å²) in [5, 5.41) is 12.1. The van der Waals surface area contributed by atoms with Crippen molar-refractivity contribution in [1.82, 2.24) is 4.98 Å². The van der Waals surface area contributed by atoms with Crippen LogP contribution in [-0.2, 0) is 4.74 Å². The molecule has 4 aromatic rings. The Morgan fingerprint density at radius 2 is 2.09 bits per heavy atom. The zero-order chi connectivity index (χ0) is 24.9. The van der Waals surface area contributed by atoms with Crippen molar-refractivity contribution in [3.8, 4) is 11.5 Å². The molecular formula is C26H25ClN2O6. The van der Waals surface area contributed by atoms with E-state index in [1.54, 1.807) is 19.1 Å². The van der Waals surface area contributed by atoms with Crippen LogP contribution in [0.1, 0.15) is 51.4 Å². The molecule has 1 aliphatic rings. The number of nitrogens with zero attached hydrogens (tertiary/aromatic N) is 1. The van der Waals surface area contributed by atoms with Gasteiger partial charge < -0.3 is 28.9 Å². The number of ether oxygens (including phenoxy) is 2. The molecule has 2 aromatic carbocycles. The number of amides is 1. The van der Waals surface area contributed by atoms with Crippen molar-refractivity contribution < 1.29 is 28.6 Å². The number of halogens is 1. The van der Waals surface area contributed by atoms with Gasteiger partial charge in [-0.25, -0.2) is 4.79 Å². The number of carbonyl (C=O) groups excluding carboxylic acids is 2. The summed E-state index contributed by atoms with van der Waals surface area (Å²) >= 11 is 6.32. The lowest BCUT2D eigenvalue weighted by Crippen LogP contribution is -2.29. The van der Waals surface area contributed by atoms with Gasteiger partial charge in [0.05, 0.1) is 30.5 Å². The Balaban J connectivity index is 1.61. The van der Waals surface area contributed by atoms with Gasteiger partial charge in [0.15, 0.2) is 5.76 Å². The summed E-state index contributed by atoms with van der Waals surface area (Å²) in [6.45, 7) is 4.65. The van der Waals surface area contributed by atoms with Crippen LogP contribution in [0, 0.1) is 6.92 Å². The van der Waals surface area contributed by atoms with E-state index in [0.717, 1.165) is 17.4 Å². The second-order valence-electron chi connectivity index (χ2n) is 8.62. The highest BCUT2D eigenvalue weighted by molar-refractivity contribution is 6.20. The minimum absolute atomic E-state index is 0.0765. The number of rotatable bonds is 6. The third-order valence-electron chi connectivity index (χ3n) is 6.36. The van der Waals surface area contributed by atoms with Gasteiger partial charge in [0, 0.05) is 40.9 Å². The Bertz CT molecular complexity index is 1470. The number of aromatic hydroxyl groups is 1. The van der Waals surface area contributed by atoms with Crippen molar-refractivity contribution in [3.05, 3.63) is 52.9 Å².